The molecule has 220 valence electrons. The summed E-state index contributed by atoms with van der Waals surface area (Å²) in [5.41, 5.74) is 4.92. The van der Waals surface area contributed by atoms with E-state index >= 15 is 0 Å². The van der Waals surface area contributed by atoms with Gasteiger partial charge in [-0.15, -0.1) is 0 Å². The van der Waals surface area contributed by atoms with Crippen molar-refractivity contribution in [2.45, 2.75) is 20.0 Å². The van der Waals surface area contributed by atoms with Crippen LogP contribution in [0.1, 0.15) is 27.0 Å². The monoisotopic (exact) mass is 581 g/mol. The van der Waals surface area contributed by atoms with Gasteiger partial charge in [0.15, 0.2) is 28.5 Å². The summed E-state index contributed by atoms with van der Waals surface area (Å²) in [6.07, 6.45) is 1.71. The van der Waals surface area contributed by atoms with Gasteiger partial charge in [0, 0.05) is 39.3 Å². The van der Waals surface area contributed by atoms with Crippen molar-refractivity contribution in [2.75, 3.05) is 44.2 Å². The van der Waals surface area contributed by atoms with Gasteiger partial charge in [-0.05, 0) is 54.4 Å². The minimum Gasteiger partial charge on any atom is -0.454 e. The van der Waals surface area contributed by atoms with E-state index in [1.807, 2.05) is 65.9 Å². The smallest absolute Gasteiger partial charge is 0.253 e. The predicted molar refractivity (Wildman–Crippen MR) is 162 cm³/mol. The number of amides is 1. The minimum atomic E-state index is -0.286. The van der Waals surface area contributed by atoms with E-state index in [9.17, 15) is 9.18 Å². The molecule has 1 N–H and O–H groups in total. The standard InChI is InChI=1S/C32H32FN7O3/c1-21-4-9-24(10-5-21)31(41)38(2)14-15-39(3)32-36-29(34-17-23-8-13-26-27(16-23)43-20-42-26)28-30(37-32)40(19-35-28)18-22-6-11-25(33)12-7-22/h4-13,16,19H,14-15,17-18,20H2,1-3H3,(H,34,36,37). The van der Waals surface area contributed by atoms with Crippen molar-refractivity contribution >= 4 is 28.8 Å². The number of aryl methyl sites for hydroxylation is 1. The second kappa shape index (κ2) is 12.0. The molecule has 3 heterocycles. The fraction of sp³-hybridized carbons (Fsp3) is 0.250. The third-order valence-electron chi connectivity index (χ3n) is 7.37. The van der Waals surface area contributed by atoms with Crippen LogP contribution in [0.25, 0.3) is 11.2 Å². The topological polar surface area (TPSA) is 97.6 Å². The Hall–Kier alpha value is -5.19. The molecule has 5 aromatic rings. The largest absolute Gasteiger partial charge is 0.454 e. The quantitative estimate of drug-likeness (QED) is 0.250. The van der Waals surface area contributed by atoms with Crippen LogP contribution < -0.4 is 19.7 Å². The number of fused-ring (bicyclic) bond motifs is 2. The van der Waals surface area contributed by atoms with Crippen molar-refractivity contribution in [3.8, 4) is 11.5 Å². The average Bonchev–Trinajstić information content (AvgIpc) is 3.66. The molecule has 6 rings (SSSR count). The molecule has 2 aromatic heterocycles. The van der Waals surface area contributed by atoms with Crippen LogP contribution >= 0.6 is 0 Å². The number of carbonyl (C=O) groups is 1. The van der Waals surface area contributed by atoms with Gasteiger partial charge >= 0.3 is 0 Å². The number of imidazole rings is 1. The van der Waals surface area contributed by atoms with Crippen LogP contribution in [0.3, 0.4) is 0 Å². The number of nitrogens with zero attached hydrogens (tertiary/aromatic N) is 6. The van der Waals surface area contributed by atoms with E-state index in [-0.39, 0.29) is 18.5 Å². The highest BCUT2D eigenvalue weighted by Gasteiger charge is 2.19. The maximum absolute atomic E-state index is 13.5. The molecule has 1 aliphatic rings. The Morgan fingerprint density at radius 3 is 2.49 bits per heavy atom. The maximum Gasteiger partial charge on any atom is 0.253 e. The number of nitrogens with one attached hydrogen (secondary N) is 1. The number of benzene rings is 3. The zero-order valence-electron chi connectivity index (χ0n) is 24.2. The summed E-state index contributed by atoms with van der Waals surface area (Å²) in [5.74, 6) is 2.16. The molecule has 10 nitrogen and oxygen atoms in total. The molecular formula is C32H32FN7O3. The number of anilines is 2. The molecule has 0 saturated heterocycles. The van der Waals surface area contributed by atoms with Gasteiger partial charge < -0.3 is 29.2 Å². The lowest BCUT2D eigenvalue weighted by Crippen LogP contribution is -2.35. The first kappa shape index (κ1) is 28.0. The van der Waals surface area contributed by atoms with Gasteiger partial charge in [-0.1, -0.05) is 35.9 Å². The van der Waals surface area contributed by atoms with E-state index in [2.05, 4.69) is 10.3 Å². The number of hydrogen-bond acceptors (Lipinski definition) is 8. The highest BCUT2D eigenvalue weighted by molar-refractivity contribution is 5.94. The second-order valence-electron chi connectivity index (χ2n) is 10.6. The molecule has 0 spiro atoms. The van der Waals surface area contributed by atoms with Crippen LogP contribution in [0.15, 0.2) is 73.1 Å². The molecule has 0 saturated carbocycles. The number of aromatic nitrogens is 4. The number of halogens is 1. The number of likely N-dealkylation sites (N-methyl/N-ethyl adjacent to an activating group) is 2. The van der Waals surface area contributed by atoms with Crippen LogP contribution in [0, 0.1) is 12.7 Å². The summed E-state index contributed by atoms with van der Waals surface area (Å²) in [5, 5.41) is 3.42. The first-order valence-corrected chi connectivity index (χ1v) is 14.0. The molecule has 3 aromatic carbocycles. The van der Waals surface area contributed by atoms with E-state index in [4.69, 9.17) is 19.4 Å². The van der Waals surface area contributed by atoms with E-state index in [1.54, 1.807) is 30.4 Å². The van der Waals surface area contributed by atoms with Crippen molar-refractivity contribution in [2.24, 2.45) is 0 Å². The maximum atomic E-state index is 13.5. The second-order valence-corrected chi connectivity index (χ2v) is 10.6. The minimum absolute atomic E-state index is 0.0479. The van der Waals surface area contributed by atoms with Gasteiger partial charge in [-0.2, -0.15) is 9.97 Å². The van der Waals surface area contributed by atoms with Crippen molar-refractivity contribution in [1.29, 1.82) is 0 Å². The zero-order valence-corrected chi connectivity index (χ0v) is 24.2. The Kier molecular flexibility index (Phi) is 7.78. The molecule has 0 aliphatic carbocycles. The van der Waals surface area contributed by atoms with Crippen LogP contribution in [-0.4, -0.2) is 64.3 Å². The van der Waals surface area contributed by atoms with Crippen LogP contribution in [0.2, 0.25) is 0 Å². The molecule has 43 heavy (non-hydrogen) atoms. The predicted octanol–water partition coefficient (Wildman–Crippen LogP) is 4.87. The van der Waals surface area contributed by atoms with Gasteiger partial charge in [-0.3, -0.25) is 4.79 Å². The zero-order chi connectivity index (χ0) is 29.9. The van der Waals surface area contributed by atoms with Crippen LogP contribution in [-0.2, 0) is 13.1 Å². The Morgan fingerprint density at radius 1 is 0.953 bits per heavy atom. The van der Waals surface area contributed by atoms with Gasteiger partial charge in [0.2, 0.25) is 12.7 Å². The van der Waals surface area contributed by atoms with Crippen molar-refractivity contribution in [3.05, 3.63) is 101 Å². The first-order valence-electron chi connectivity index (χ1n) is 14.0. The summed E-state index contributed by atoms with van der Waals surface area (Å²) in [6.45, 7) is 4.13. The van der Waals surface area contributed by atoms with Crippen molar-refractivity contribution in [1.82, 2.24) is 24.4 Å². The van der Waals surface area contributed by atoms with Crippen LogP contribution in [0.5, 0.6) is 11.5 Å². The number of ether oxygens (including phenoxy) is 2. The van der Waals surface area contributed by atoms with E-state index in [0.29, 0.717) is 60.4 Å². The Labute approximate surface area is 248 Å². The number of rotatable bonds is 10. The van der Waals surface area contributed by atoms with Gasteiger partial charge in [0.25, 0.3) is 5.91 Å². The third-order valence-corrected chi connectivity index (χ3v) is 7.37. The molecular weight excluding hydrogens is 549 g/mol. The fourth-order valence-corrected chi connectivity index (χ4v) is 4.78. The molecule has 0 fully saturated rings. The molecule has 0 radical (unpaired) electrons. The fourth-order valence-electron chi connectivity index (χ4n) is 4.78. The molecule has 11 heteroatoms. The highest BCUT2D eigenvalue weighted by Crippen LogP contribution is 2.33. The number of hydrogen-bond donors (Lipinski definition) is 1. The lowest BCUT2D eigenvalue weighted by atomic mass is 10.1. The van der Waals surface area contributed by atoms with Gasteiger partial charge in [0.05, 0.1) is 12.9 Å². The third kappa shape index (κ3) is 6.20. The molecule has 1 aliphatic heterocycles. The average molecular weight is 582 g/mol. The summed E-state index contributed by atoms with van der Waals surface area (Å²) >= 11 is 0. The van der Waals surface area contributed by atoms with Crippen LogP contribution in [0.4, 0.5) is 16.2 Å². The van der Waals surface area contributed by atoms with Gasteiger partial charge in [-0.25, -0.2) is 9.37 Å². The Morgan fingerprint density at radius 2 is 1.70 bits per heavy atom. The lowest BCUT2D eigenvalue weighted by Gasteiger charge is -2.23. The number of carbonyl (C=O) groups excluding carboxylic acids is 1. The van der Waals surface area contributed by atoms with Crippen molar-refractivity contribution < 1.29 is 18.7 Å². The first-order chi connectivity index (χ1) is 20.8. The van der Waals surface area contributed by atoms with E-state index in [1.165, 1.54) is 12.1 Å². The summed E-state index contributed by atoms with van der Waals surface area (Å²) < 4.78 is 26.4. The summed E-state index contributed by atoms with van der Waals surface area (Å²) in [7, 11) is 3.68. The molecule has 1 amide bonds. The summed E-state index contributed by atoms with van der Waals surface area (Å²) in [6, 6.07) is 19.7. The summed E-state index contributed by atoms with van der Waals surface area (Å²) in [4.78, 5) is 30.9. The molecule has 0 atom stereocenters. The molecule has 0 bridgehead atoms. The van der Waals surface area contributed by atoms with E-state index < -0.39 is 0 Å². The van der Waals surface area contributed by atoms with E-state index in [0.717, 1.165) is 22.4 Å². The van der Waals surface area contributed by atoms with Crippen molar-refractivity contribution in [3.63, 3.8) is 0 Å². The lowest BCUT2D eigenvalue weighted by molar-refractivity contribution is 0.0798. The normalized spacial score (nSPS) is 12.0. The van der Waals surface area contributed by atoms with Gasteiger partial charge in [0.1, 0.15) is 5.82 Å². The Bertz CT molecular complexity index is 1760. The highest BCUT2D eigenvalue weighted by atomic mass is 19.1. The SMILES string of the molecule is Cc1ccc(C(=O)N(C)CCN(C)c2nc(NCc3ccc4c(c3)OCO4)c3ncn(Cc4ccc(F)cc4)c3n2)cc1. The molecule has 0 unspecified atom stereocenters. The Balaban J connectivity index is 1.24.